The molecule has 1 atom stereocenters. The second kappa shape index (κ2) is 13.0. The number of nitrogens with one attached hydrogen (secondary N) is 2. The Labute approximate surface area is 226 Å². The summed E-state index contributed by atoms with van der Waals surface area (Å²) < 4.78 is 5.65. The van der Waals surface area contributed by atoms with E-state index in [0.29, 0.717) is 37.8 Å². The maximum atomic E-state index is 13.0. The number of halogens is 1. The van der Waals surface area contributed by atoms with E-state index in [9.17, 15) is 9.59 Å². The smallest absolute Gasteiger partial charge is 0.246 e. The van der Waals surface area contributed by atoms with E-state index in [-0.39, 0.29) is 23.8 Å². The molecule has 2 saturated heterocycles. The van der Waals surface area contributed by atoms with Crippen LogP contribution in [0.25, 0.3) is 0 Å². The van der Waals surface area contributed by atoms with Gasteiger partial charge in [-0.25, -0.2) is 0 Å². The van der Waals surface area contributed by atoms with Crippen LogP contribution in [-0.2, 0) is 9.59 Å². The topological polar surface area (TPSA) is 73.9 Å². The highest BCUT2D eigenvalue weighted by Crippen LogP contribution is 2.51. The lowest BCUT2D eigenvalue weighted by atomic mass is 9.63. The SMILES string of the molecule is C=CC(=O)N1CCN(C(=O)CNc2cc(C3CCNCC34CCCCCCCC4)c(Cl)cc2OC)CC1. The fourth-order valence-electron chi connectivity index (χ4n) is 6.54. The van der Waals surface area contributed by atoms with Crippen molar-refractivity contribution in [3.05, 3.63) is 35.4 Å². The van der Waals surface area contributed by atoms with Gasteiger partial charge in [-0.2, -0.15) is 0 Å². The molecule has 1 saturated carbocycles. The van der Waals surface area contributed by atoms with Gasteiger partial charge in [0.1, 0.15) is 5.75 Å². The standard InChI is InChI=1S/C29H43ClN4O3/c1-3-27(35)33-14-16-34(17-15-33)28(36)20-32-25-18-22(24(30)19-26(25)37-2)23-10-13-31-21-29(23)11-8-6-4-5-7-9-12-29/h3,18-19,23,31-32H,1,4-17,20-21H2,2H3. The van der Waals surface area contributed by atoms with Gasteiger partial charge in [-0.15, -0.1) is 0 Å². The molecule has 204 valence electrons. The highest BCUT2D eigenvalue weighted by Gasteiger charge is 2.42. The van der Waals surface area contributed by atoms with Crippen molar-refractivity contribution in [2.24, 2.45) is 5.41 Å². The number of hydrogen-bond donors (Lipinski definition) is 2. The van der Waals surface area contributed by atoms with Gasteiger partial charge < -0.3 is 25.2 Å². The third kappa shape index (κ3) is 6.61. The summed E-state index contributed by atoms with van der Waals surface area (Å²) in [7, 11) is 1.64. The predicted octanol–water partition coefficient (Wildman–Crippen LogP) is 4.82. The van der Waals surface area contributed by atoms with Crippen molar-refractivity contribution in [1.82, 2.24) is 15.1 Å². The van der Waals surface area contributed by atoms with Crippen LogP contribution in [0.3, 0.4) is 0 Å². The van der Waals surface area contributed by atoms with Gasteiger partial charge in [0.25, 0.3) is 0 Å². The van der Waals surface area contributed by atoms with Crippen molar-refractivity contribution in [3.63, 3.8) is 0 Å². The first-order valence-corrected chi connectivity index (χ1v) is 14.4. The van der Waals surface area contributed by atoms with E-state index in [1.807, 2.05) is 11.0 Å². The summed E-state index contributed by atoms with van der Waals surface area (Å²) >= 11 is 6.91. The van der Waals surface area contributed by atoms with Crippen molar-refractivity contribution in [1.29, 1.82) is 0 Å². The highest BCUT2D eigenvalue weighted by molar-refractivity contribution is 6.31. The molecule has 2 amide bonds. The van der Waals surface area contributed by atoms with Gasteiger partial charge in [0.15, 0.2) is 0 Å². The average Bonchev–Trinajstić information content (AvgIpc) is 3.04. The molecular weight excluding hydrogens is 488 g/mol. The summed E-state index contributed by atoms with van der Waals surface area (Å²) in [6.07, 6.45) is 12.7. The number of anilines is 1. The fraction of sp³-hybridized carbons (Fsp3) is 0.655. The number of rotatable bonds is 6. The molecule has 1 aromatic rings. The maximum Gasteiger partial charge on any atom is 0.246 e. The molecule has 3 aliphatic rings. The Bertz CT molecular complexity index is 951. The third-order valence-corrected chi connectivity index (χ3v) is 9.00. The molecule has 0 bridgehead atoms. The van der Waals surface area contributed by atoms with E-state index >= 15 is 0 Å². The maximum absolute atomic E-state index is 13.0. The number of hydrogen-bond acceptors (Lipinski definition) is 5. The molecule has 1 aromatic carbocycles. The number of carbonyl (C=O) groups is 2. The number of nitrogens with zero attached hydrogens (tertiary/aromatic N) is 2. The van der Waals surface area contributed by atoms with E-state index in [0.717, 1.165) is 30.2 Å². The summed E-state index contributed by atoms with van der Waals surface area (Å²) in [5.41, 5.74) is 2.21. The Kier molecular flexibility index (Phi) is 9.77. The Morgan fingerprint density at radius 1 is 1.11 bits per heavy atom. The zero-order chi connectivity index (χ0) is 26.3. The van der Waals surface area contributed by atoms with Gasteiger partial charge in [-0.3, -0.25) is 9.59 Å². The van der Waals surface area contributed by atoms with Crippen molar-refractivity contribution in [2.75, 3.05) is 58.2 Å². The summed E-state index contributed by atoms with van der Waals surface area (Å²) in [5.74, 6) is 0.968. The number of methoxy groups -OCH3 is 1. The first-order chi connectivity index (χ1) is 18.0. The van der Waals surface area contributed by atoms with Crippen LogP contribution >= 0.6 is 11.6 Å². The number of ether oxygens (including phenoxy) is 1. The van der Waals surface area contributed by atoms with Gasteiger partial charge in [0.05, 0.1) is 19.3 Å². The molecular formula is C29H43ClN4O3. The molecule has 7 nitrogen and oxygen atoms in total. The second-order valence-electron chi connectivity index (χ2n) is 10.8. The van der Waals surface area contributed by atoms with Crippen LogP contribution in [0.5, 0.6) is 5.75 Å². The quantitative estimate of drug-likeness (QED) is 0.516. The minimum atomic E-state index is -0.0840. The minimum Gasteiger partial charge on any atom is -0.495 e. The Morgan fingerprint density at radius 3 is 2.41 bits per heavy atom. The van der Waals surface area contributed by atoms with Crippen LogP contribution in [0.15, 0.2) is 24.8 Å². The van der Waals surface area contributed by atoms with Crippen LogP contribution < -0.4 is 15.4 Å². The zero-order valence-electron chi connectivity index (χ0n) is 22.3. The van der Waals surface area contributed by atoms with Crippen molar-refractivity contribution in [2.45, 2.75) is 63.7 Å². The Balaban J connectivity index is 1.49. The van der Waals surface area contributed by atoms with Crippen LogP contribution in [0.1, 0.15) is 69.3 Å². The molecule has 4 rings (SSSR count). The molecule has 2 N–H and O–H groups in total. The normalized spacial score (nSPS) is 22.5. The van der Waals surface area contributed by atoms with Crippen molar-refractivity contribution >= 4 is 29.1 Å². The number of carbonyl (C=O) groups excluding carboxylic acids is 2. The zero-order valence-corrected chi connectivity index (χ0v) is 23.1. The average molecular weight is 531 g/mol. The van der Waals surface area contributed by atoms with E-state index in [1.54, 1.807) is 12.0 Å². The molecule has 2 aliphatic heterocycles. The van der Waals surface area contributed by atoms with Crippen molar-refractivity contribution in [3.8, 4) is 5.75 Å². The first-order valence-electron chi connectivity index (χ1n) is 14.0. The molecule has 1 aliphatic carbocycles. The van der Waals surface area contributed by atoms with Gasteiger partial charge in [-0.05, 0) is 54.8 Å². The first kappa shape index (κ1) is 27.8. The third-order valence-electron chi connectivity index (χ3n) is 8.67. The molecule has 2 heterocycles. The fourth-order valence-corrected chi connectivity index (χ4v) is 6.83. The summed E-state index contributed by atoms with van der Waals surface area (Å²) in [6, 6.07) is 4.05. The molecule has 1 spiro atoms. The molecule has 8 heteroatoms. The van der Waals surface area contributed by atoms with Crippen LogP contribution in [0.4, 0.5) is 5.69 Å². The monoisotopic (exact) mass is 530 g/mol. The molecule has 1 unspecified atom stereocenters. The van der Waals surface area contributed by atoms with Gasteiger partial charge in [0.2, 0.25) is 11.8 Å². The van der Waals surface area contributed by atoms with E-state index in [1.165, 1.54) is 63.0 Å². The van der Waals surface area contributed by atoms with Crippen LogP contribution in [-0.4, -0.2) is 74.5 Å². The number of amides is 2. The van der Waals surface area contributed by atoms with Crippen LogP contribution in [0, 0.1) is 5.41 Å². The lowest BCUT2D eigenvalue weighted by Crippen LogP contribution is -2.51. The second-order valence-corrected chi connectivity index (χ2v) is 11.2. The highest BCUT2D eigenvalue weighted by atomic mass is 35.5. The largest absolute Gasteiger partial charge is 0.495 e. The molecule has 3 fully saturated rings. The van der Waals surface area contributed by atoms with Crippen molar-refractivity contribution < 1.29 is 14.3 Å². The minimum absolute atomic E-state index is 0.0128. The summed E-state index contributed by atoms with van der Waals surface area (Å²) in [6.45, 7) is 7.88. The number of benzene rings is 1. The molecule has 0 aromatic heterocycles. The summed E-state index contributed by atoms with van der Waals surface area (Å²) in [4.78, 5) is 28.4. The molecule has 0 radical (unpaired) electrons. The predicted molar refractivity (Wildman–Crippen MR) is 149 cm³/mol. The van der Waals surface area contributed by atoms with Gasteiger partial charge >= 0.3 is 0 Å². The van der Waals surface area contributed by atoms with Crippen LogP contribution in [0.2, 0.25) is 5.02 Å². The van der Waals surface area contributed by atoms with Gasteiger partial charge in [-0.1, -0.05) is 56.7 Å². The summed E-state index contributed by atoms with van der Waals surface area (Å²) in [5, 5.41) is 7.80. The lowest BCUT2D eigenvalue weighted by molar-refractivity contribution is -0.135. The van der Waals surface area contributed by atoms with E-state index in [4.69, 9.17) is 16.3 Å². The Hall–Kier alpha value is -2.25. The van der Waals surface area contributed by atoms with E-state index < -0.39 is 0 Å². The molecule has 37 heavy (non-hydrogen) atoms. The van der Waals surface area contributed by atoms with Gasteiger partial charge in [0, 0.05) is 43.8 Å². The lowest BCUT2D eigenvalue weighted by Gasteiger charge is -2.46. The van der Waals surface area contributed by atoms with E-state index in [2.05, 4.69) is 23.3 Å². The number of piperidine rings is 1. The Morgan fingerprint density at radius 2 is 1.76 bits per heavy atom. The number of piperazine rings is 1.